The van der Waals surface area contributed by atoms with E-state index in [1.807, 2.05) is 11.8 Å². The summed E-state index contributed by atoms with van der Waals surface area (Å²) in [4.78, 5) is 2.46. The minimum atomic E-state index is 0.448. The van der Waals surface area contributed by atoms with Crippen LogP contribution >= 0.6 is 11.8 Å². The van der Waals surface area contributed by atoms with Crippen molar-refractivity contribution < 1.29 is 0 Å². The van der Waals surface area contributed by atoms with Crippen molar-refractivity contribution in [3.8, 4) is 0 Å². The fraction of sp³-hybridized carbons (Fsp3) is 1.00. The summed E-state index contributed by atoms with van der Waals surface area (Å²) in [5, 5.41) is 3.62. The van der Waals surface area contributed by atoms with Crippen LogP contribution in [0.3, 0.4) is 0 Å². The average Bonchev–Trinajstić information content (AvgIpc) is 2.35. The Balaban J connectivity index is 3.78. The van der Waals surface area contributed by atoms with Crippen LogP contribution in [0, 0.1) is 0 Å². The largest absolute Gasteiger partial charge is 0.314 e. The maximum atomic E-state index is 3.62. The first kappa shape index (κ1) is 16.3. The quantitative estimate of drug-likeness (QED) is 0.597. The molecule has 0 atom stereocenters. The van der Waals surface area contributed by atoms with Gasteiger partial charge in [0, 0.05) is 24.4 Å². The molecule has 0 amide bonds. The minimum absolute atomic E-state index is 0.448. The van der Waals surface area contributed by atoms with Crippen molar-refractivity contribution in [2.45, 2.75) is 45.3 Å². The predicted octanol–water partition coefficient (Wildman–Crippen LogP) is 2.84. The molecule has 0 aliphatic carbocycles. The third-order valence-electron chi connectivity index (χ3n) is 3.67. The van der Waals surface area contributed by atoms with Crippen LogP contribution in [0.15, 0.2) is 0 Å². The van der Waals surface area contributed by atoms with Gasteiger partial charge in [-0.05, 0) is 32.2 Å². The number of nitrogens with one attached hydrogen (secondary N) is 1. The molecular formula is C13H30N2S. The lowest BCUT2D eigenvalue weighted by molar-refractivity contribution is 0.299. The molecule has 98 valence electrons. The highest BCUT2D eigenvalue weighted by molar-refractivity contribution is 8.00. The number of hydrogen-bond donors (Lipinski definition) is 1. The van der Waals surface area contributed by atoms with E-state index in [4.69, 9.17) is 0 Å². The van der Waals surface area contributed by atoms with Crippen LogP contribution in [0.4, 0.5) is 0 Å². The second-order valence-corrected chi connectivity index (χ2v) is 5.57. The Labute approximate surface area is 107 Å². The lowest BCUT2D eigenvalue weighted by Crippen LogP contribution is -2.40. The highest BCUT2D eigenvalue weighted by atomic mass is 32.2. The first-order valence-corrected chi connectivity index (χ1v) is 7.88. The summed E-state index contributed by atoms with van der Waals surface area (Å²) >= 11 is 2.01. The van der Waals surface area contributed by atoms with Gasteiger partial charge in [0.15, 0.2) is 0 Å². The summed E-state index contributed by atoms with van der Waals surface area (Å²) in [5.41, 5.74) is 0. The molecule has 0 aromatic carbocycles. The van der Waals surface area contributed by atoms with Gasteiger partial charge in [0.2, 0.25) is 0 Å². The van der Waals surface area contributed by atoms with Gasteiger partial charge >= 0.3 is 0 Å². The van der Waals surface area contributed by atoms with Gasteiger partial charge in [-0.3, -0.25) is 0 Å². The Bertz CT molecular complexity index is 146. The first-order chi connectivity index (χ1) is 7.67. The molecule has 0 unspecified atom stereocenters. The number of hydrogen-bond acceptors (Lipinski definition) is 3. The summed E-state index contributed by atoms with van der Waals surface area (Å²) in [6.07, 6.45) is 4.74. The highest BCUT2D eigenvalue weighted by Gasteiger charge is 2.23. The van der Waals surface area contributed by atoms with Crippen molar-refractivity contribution in [1.82, 2.24) is 10.2 Å². The van der Waals surface area contributed by atoms with Crippen LogP contribution in [0.5, 0.6) is 0 Å². The second kappa shape index (κ2) is 9.32. The van der Waals surface area contributed by atoms with E-state index >= 15 is 0 Å². The van der Waals surface area contributed by atoms with Gasteiger partial charge in [-0.25, -0.2) is 0 Å². The van der Waals surface area contributed by atoms with Crippen LogP contribution in [0.2, 0.25) is 0 Å². The molecule has 3 heteroatoms. The first-order valence-electron chi connectivity index (χ1n) is 6.66. The highest BCUT2D eigenvalue weighted by Crippen LogP contribution is 2.29. The van der Waals surface area contributed by atoms with Crippen molar-refractivity contribution in [3.63, 3.8) is 0 Å². The zero-order chi connectivity index (χ0) is 12.4. The number of thioether (sulfide) groups is 1. The molecule has 0 spiro atoms. The topological polar surface area (TPSA) is 15.3 Å². The third kappa shape index (κ3) is 5.55. The summed E-state index contributed by atoms with van der Waals surface area (Å²) in [7, 11) is 0. The zero-order valence-corrected chi connectivity index (χ0v) is 12.6. The van der Waals surface area contributed by atoms with Crippen molar-refractivity contribution in [2.75, 3.05) is 39.0 Å². The molecule has 0 rings (SSSR count). The summed E-state index contributed by atoms with van der Waals surface area (Å²) in [5.74, 6) is 0. The molecule has 0 fully saturated rings. The van der Waals surface area contributed by atoms with E-state index in [2.05, 4.69) is 44.2 Å². The molecule has 0 radical (unpaired) electrons. The Morgan fingerprint density at radius 3 is 2.00 bits per heavy atom. The van der Waals surface area contributed by atoms with E-state index in [-0.39, 0.29) is 0 Å². The summed E-state index contributed by atoms with van der Waals surface area (Å²) in [6, 6.07) is 0. The minimum Gasteiger partial charge on any atom is -0.314 e. The number of likely N-dealkylation sites (N-methyl/N-ethyl adjacent to an activating group) is 1. The molecule has 0 aliphatic heterocycles. The summed E-state index contributed by atoms with van der Waals surface area (Å²) < 4.78 is 0.448. The molecule has 0 aliphatic rings. The molecule has 0 saturated heterocycles. The molecule has 2 nitrogen and oxygen atoms in total. The Morgan fingerprint density at radius 1 is 1.06 bits per heavy atom. The third-order valence-corrected chi connectivity index (χ3v) is 5.26. The van der Waals surface area contributed by atoms with E-state index in [0.717, 1.165) is 26.2 Å². The fourth-order valence-corrected chi connectivity index (χ4v) is 2.78. The average molecular weight is 246 g/mol. The van der Waals surface area contributed by atoms with Crippen molar-refractivity contribution in [3.05, 3.63) is 0 Å². The standard InChI is InChI=1S/C13H30N2S/c1-6-13(7-2,16-5)12-14-10-11-15(8-3)9-4/h14H,6-12H2,1-5H3. The molecule has 16 heavy (non-hydrogen) atoms. The SMILES string of the molecule is CCN(CC)CCNCC(CC)(CC)SC. The Hall–Kier alpha value is 0.270. The maximum absolute atomic E-state index is 3.62. The molecule has 0 heterocycles. The van der Waals surface area contributed by atoms with Gasteiger partial charge in [-0.15, -0.1) is 0 Å². The molecule has 0 saturated carbocycles. The van der Waals surface area contributed by atoms with Crippen LogP contribution < -0.4 is 5.32 Å². The number of nitrogens with zero attached hydrogens (tertiary/aromatic N) is 1. The van der Waals surface area contributed by atoms with E-state index in [9.17, 15) is 0 Å². The zero-order valence-electron chi connectivity index (χ0n) is 11.8. The molecule has 0 bridgehead atoms. The van der Waals surface area contributed by atoms with Crippen LogP contribution in [-0.4, -0.2) is 48.6 Å². The normalized spacial score (nSPS) is 12.4. The van der Waals surface area contributed by atoms with Gasteiger partial charge in [0.25, 0.3) is 0 Å². The van der Waals surface area contributed by atoms with Crippen LogP contribution in [0.25, 0.3) is 0 Å². The molecule has 0 aromatic rings. The fourth-order valence-electron chi connectivity index (χ4n) is 1.95. The summed E-state index contributed by atoms with van der Waals surface area (Å²) in [6.45, 7) is 14.8. The Kier molecular flexibility index (Phi) is 9.47. The van der Waals surface area contributed by atoms with E-state index < -0.39 is 0 Å². The van der Waals surface area contributed by atoms with Crippen LogP contribution in [0.1, 0.15) is 40.5 Å². The second-order valence-electron chi connectivity index (χ2n) is 4.30. The monoisotopic (exact) mass is 246 g/mol. The van der Waals surface area contributed by atoms with E-state index in [0.29, 0.717) is 4.75 Å². The number of rotatable bonds is 10. The molecule has 1 N–H and O–H groups in total. The lowest BCUT2D eigenvalue weighted by atomic mass is 10.0. The lowest BCUT2D eigenvalue weighted by Gasteiger charge is -2.30. The molecular weight excluding hydrogens is 216 g/mol. The van der Waals surface area contributed by atoms with Gasteiger partial charge < -0.3 is 10.2 Å². The van der Waals surface area contributed by atoms with Gasteiger partial charge in [0.1, 0.15) is 0 Å². The van der Waals surface area contributed by atoms with Crippen molar-refractivity contribution in [2.24, 2.45) is 0 Å². The van der Waals surface area contributed by atoms with E-state index in [1.54, 1.807) is 0 Å². The van der Waals surface area contributed by atoms with Crippen molar-refractivity contribution in [1.29, 1.82) is 0 Å². The smallest absolute Gasteiger partial charge is 0.0276 e. The Morgan fingerprint density at radius 2 is 1.62 bits per heavy atom. The maximum Gasteiger partial charge on any atom is 0.0276 e. The van der Waals surface area contributed by atoms with E-state index in [1.165, 1.54) is 19.4 Å². The van der Waals surface area contributed by atoms with Gasteiger partial charge in [-0.2, -0.15) is 11.8 Å². The van der Waals surface area contributed by atoms with Gasteiger partial charge in [-0.1, -0.05) is 27.7 Å². The molecule has 0 aromatic heterocycles. The predicted molar refractivity (Wildman–Crippen MR) is 77.5 cm³/mol. The van der Waals surface area contributed by atoms with Crippen molar-refractivity contribution >= 4 is 11.8 Å². The van der Waals surface area contributed by atoms with Crippen LogP contribution in [-0.2, 0) is 0 Å². The van der Waals surface area contributed by atoms with Gasteiger partial charge in [0.05, 0.1) is 0 Å².